The molecule has 0 radical (unpaired) electrons. The van der Waals surface area contributed by atoms with Crippen LogP contribution < -0.4 is 11.5 Å². The maximum Gasteiger partial charge on any atom is 0.298 e. The number of primary amides is 1. The maximum atomic E-state index is 12.2. The van der Waals surface area contributed by atoms with E-state index in [4.69, 9.17) is 21.3 Å². The molecule has 1 atom stereocenters. The summed E-state index contributed by atoms with van der Waals surface area (Å²) in [6.45, 7) is 5.06. The van der Waals surface area contributed by atoms with Crippen molar-refractivity contribution >= 4 is 17.6 Å². The number of hydrogen-bond donors (Lipinski definition) is 2. The van der Waals surface area contributed by atoms with E-state index in [0.717, 1.165) is 36.9 Å². The Balaban J connectivity index is 1.56. The highest BCUT2D eigenvalue weighted by atomic mass is 16.5. The first-order valence-corrected chi connectivity index (χ1v) is 10.8. The molecule has 2 amide bonds. The summed E-state index contributed by atoms with van der Waals surface area (Å²) in [6.07, 6.45) is 2.61. The van der Waals surface area contributed by atoms with E-state index in [2.05, 4.69) is 11.8 Å². The Morgan fingerprint density at radius 2 is 1.97 bits per heavy atom. The summed E-state index contributed by atoms with van der Waals surface area (Å²) in [5.74, 6) is 4.88. The van der Waals surface area contributed by atoms with Crippen molar-refractivity contribution in [3.8, 4) is 23.1 Å². The van der Waals surface area contributed by atoms with Gasteiger partial charge in [0.25, 0.3) is 11.8 Å². The first-order valence-electron chi connectivity index (χ1n) is 10.8. The topological polar surface area (TPSA) is 116 Å². The summed E-state index contributed by atoms with van der Waals surface area (Å²) in [6, 6.07) is 7.78. The molecule has 1 aromatic heterocycles. The van der Waals surface area contributed by atoms with Crippen molar-refractivity contribution in [3.63, 3.8) is 0 Å². The zero-order valence-electron chi connectivity index (χ0n) is 18.7. The molecule has 168 valence electrons. The van der Waals surface area contributed by atoms with E-state index < -0.39 is 5.91 Å². The molecule has 1 aliphatic carbocycles. The lowest BCUT2D eigenvalue weighted by Gasteiger charge is -2.45. The van der Waals surface area contributed by atoms with Crippen LogP contribution in [-0.2, 0) is 9.53 Å². The number of nitrogens with zero attached hydrogens (tertiary/aromatic N) is 3. The first-order chi connectivity index (χ1) is 15.3. The van der Waals surface area contributed by atoms with Gasteiger partial charge in [0.1, 0.15) is 17.1 Å². The zero-order chi connectivity index (χ0) is 23.0. The number of benzene rings is 1. The van der Waals surface area contributed by atoms with Crippen LogP contribution in [0.25, 0.3) is 11.3 Å². The lowest BCUT2D eigenvalue weighted by atomic mass is 9.65. The molecule has 1 saturated carbocycles. The fourth-order valence-corrected chi connectivity index (χ4v) is 4.96. The Hall–Kier alpha value is -3.31. The molecule has 1 saturated heterocycles. The lowest BCUT2D eigenvalue weighted by molar-refractivity contribution is -0.125. The number of nitrogens with two attached hydrogens (primary N) is 2. The van der Waals surface area contributed by atoms with Gasteiger partial charge in [-0.3, -0.25) is 9.59 Å². The zero-order valence-corrected chi connectivity index (χ0v) is 18.7. The van der Waals surface area contributed by atoms with Crippen LogP contribution in [0.15, 0.2) is 24.3 Å². The van der Waals surface area contributed by atoms with Crippen molar-refractivity contribution in [2.75, 3.05) is 25.9 Å². The van der Waals surface area contributed by atoms with Gasteiger partial charge in [0.2, 0.25) is 0 Å². The number of hydrogen-bond acceptors (Lipinski definition) is 5. The molecule has 2 fully saturated rings. The Morgan fingerprint density at radius 1 is 1.28 bits per heavy atom. The molecule has 0 bridgehead atoms. The number of likely N-dealkylation sites (tertiary alicyclic amines) is 1. The summed E-state index contributed by atoms with van der Waals surface area (Å²) in [7, 11) is 1.66. The van der Waals surface area contributed by atoms with Crippen LogP contribution >= 0.6 is 0 Å². The minimum Gasteiger partial charge on any atom is -0.383 e. The van der Waals surface area contributed by atoms with E-state index in [1.807, 2.05) is 36.1 Å². The van der Waals surface area contributed by atoms with Crippen molar-refractivity contribution in [1.82, 2.24) is 14.7 Å². The van der Waals surface area contributed by atoms with E-state index >= 15 is 0 Å². The number of nitrogen functional groups attached to an aromatic ring is 1. The predicted molar refractivity (Wildman–Crippen MR) is 121 cm³/mol. The highest BCUT2D eigenvalue weighted by molar-refractivity contribution is 6.03. The van der Waals surface area contributed by atoms with E-state index in [1.165, 1.54) is 0 Å². The number of anilines is 1. The Morgan fingerprint density at radius 3 is 2.56 bits per heavy atom. The molecule has 8 heteroatoms. The van der Waals surface area contributed by atoms with Crippen molar-refractivity contribution in [1.29, 1.82) is 0 Å². The van der Waals surface area contributed by atoms with Gasteiger partial charge in [0.05, 0.1) is 12.1 Å². The number of rotatable bonds is 5. The van der Waals surface area contributed by atoms with Crippen molar-refractivity contribution in [2.45, 2.75) is 45.3 Å². The van der Waals surface area contributed by atoms with Crippen LogP contribution in [0.5, 0.6) is 0 Å². The van der Waals surface area contributed by atoms with Crippen molar-refractivity contribution < 1.29 is 14.3 Å². The molecule has 1 aromatic carbocycles. The average molecular weight is 436 g/mol. The second-order valence-electron chi connectivity index (χ2n) is 8.83. The molecular weight excluding hydrogens is 406 g/mol. The third kappa shape index (κ3) is 3.73. The Kier molecular flexibility index (Phi) is 5.70. The van der Waals surface area contributed by atoms with Crippen LogP contribution in [0.3, 0.4) is 0 Å². The van der Waals surface area contributed by atoms with Crippen molar-refractivity contribution in [2.24, 2.45) is 11.1 Å². The van der Waals surface area contributed by atoms with Crippen LogP contribution in [0.4, 0.5) is 5.82 Å². The average Bonchev–Trinajstić information content (AvgIpc) is 3.34. The summed E-state index contributed by atoms with van der Waals surface area (Å²) >= 11 is 0. The molecule has 1 spiro atoms. The standard InChI is InChI=1S/C24H29N5O3/c1-4-5-19(30)28-11-10-24(14-28)12-18(13-24)29-22(25)20(23(26)31)21(27-29)17-8-6-16(7-9-17)15(2)32-3/h6-9,15,18H,10-14,25H2,1-3H3,(H2,26,31). The van der Waals surface area contributed by atoms with Gasteiger partial charge < -0.3 is 21.1 Å². The quantitative estimate of drug-likeness (QED) is 0.700. The third-order valence-electron chi connectivity index (χ3n) is 6.84. The van der Waals surface area contributed by atoms with Gasteiger partial charge in [-0.15, -0.1) is 0 Å². The van der Waals surface area contributed by atoms with Crippen LogP contribution in [0, 0.1) is 17.3 Å². The van der Waals surface area contributed by atoms with Crippen molar-refractivity contribution in [3.05, 3.63) is 35.4 Å². The van der Waals surface area contributed by atoms with E-state index in [1.54, 1.807) is 18.7 Å². The second kappa shape index (κ2) is 8.32. The first kappa shape index (κ1) is 21.9. The number of methoxy groups -OCH3 is 1. The summed E-state index contributed by atoms with van der Waals surface area (Å²) in [5.41, 5.74) is 14.6. The van der Waals surface area contributed by atoms with E-state index in [0.29, 0.717) is 18.1 Å². The Labute approximate surface area is 187 Å². The van der Waals surface area contributed by atoms with Crippen LogP contribution in [-0.4, -0.2) is 46.7 Å². The molecule has 4 rings (SSSR count). The molecule has 2 aromatic rings. The molecular formula is C24H29N5O3. The summed E-state index contributed by atoms with van der Waals surface area (Å²) in [5, 5.41) is 4.71. The molecule has 2 aliphatic rings. The minimum atomic E-state index is -0.595. The smallest absolute Gasteiger partial charge is 0.298 e. The van der Waals surface area contributed by atoms with Crippen LogP contribution in [0.2, 0.25) is 0 Å². The molecule has 1 unspecified atom stereocenters. The van der Waals surface area contributed by atoms with Gasteiger partial charge in [0.15, 0.2) is 0 Å². The minimum absolute atomic E-state index is 0.0328. The molecule has 2 heterocycles. The summed E-state index contributed by atoms with van der Waals surface area (Å²) < 4.78 is 7.10. The van der Waals surface area contributed by atoms with Gasteiger partial charge in [0, 0.05) is 25.8 Å². The fraction of sp³-hybridized carbons (Fsp3) is 0.458. The summed E-state index contributed by atoms with van der Waals surface area (Å²) in [4.78, 5) is 26.1. The highest BCUT2D eigenvalue weighted by Gasteiger charge is 2.51. The number of ether oxygens (including phenoxy) is 1. The Bertz CT molecular complexity index is 1100. The van der Waals surface area contributed by atoms with Gasteiger partial charge >= 0.3 is 0 Å². The normalized spacial score (nSPS) is 22.8. The number of carbonyl (C=O) groups excluding carboxylic acids is 2. The van der Waals surface area contributed by atoms with Gasteiger partial charge in [-0.1, -0.05) is 30.2 Å². The lowest BCUT2D eigenvalue weighted by Crippen LogP contribution is -2.42. The van der Waals surface area contributed by atoms with Gasteiger partial charge in [-0.2, -0.15) is 5.10 Å². The second-order valence-corrected chi connectivity index (χ2v) is 8.83. The molecule has 1 aliphatic heterocycles. The predicted octanol–water partition coefficient (Wildman–Crippen LogP) is 2.52. The number of aromatic nitrogens is 2. The van der Waals surface area contributed by atoms with Gasteiger partial charge in [-0.05, 0) is 50.0 Å². The largest absolute Gasteiger partial charge is 0.383 e. The molecule has 4 N–H and O–H groups in total. The third-order valence-corrected chi connectivity index (χ3v) is 6.84. The fourth-order valence-electron chi connectivity index (χ4n) is 4.96. The SMILES string of the molecule is CC#CC(=O)N1CCC2(CC(n3nc(-c4ccc(C(C)OC)cc4)c(C(N)=O)c3N)C2)C1. The molecule has 32 heavy (non-hydrogen) atoms. The van der Waals surface area contributed by atoms with E-state index in [9.17, 15) is 9.59 Å². The monoisotopic (exact) mass is 435 g/mol. The van der Waals surface area contributed by atoms with Crippen LogP contribution in [0.1, 0.15) is 61.2 Å². The maximum absolute atomic E-state index is 12.2. The molecule has 8 nitrogen and oxygen atoms in total. The van der Waals surface area contributed by atoms with Gasteiger partial charge in [-0.25, -0.2) is 4.68 Å². The van der Waals surface area contributed by atoms with E-state index in [-0.39, 0.29) is 29.0 Å². The number of amides is 2. The number of carbonyl (C=O) groups is 2. The highest BCUT2D eigenvalue weighted by Crippen LogP contribution is 2.54.